The van der Waals surface area contributed by atoms with Crippen LogP contribution in [0.1, 0.15) is 31.1 Å². The van der Waals surface area contributed by atoms with E-state index in [1.54, 1.807) is 36.4 Å². The Balaban J connectivity index is 1.90. The molecule has 0 amide bonds. The van der Waals surface area contributed by atoms with Crippen molar-refractivity contribution in [2.45, 2.75) is 15.1 Å². The molecular formula is C18H9N3O3S3. The van der Waals surface area contributed by atoms with Crippen molar-refractivity contribution >= 4 is 50.6 Å². The van der Waals surface area contributed by atoms with Gasteiger partial charge in [0.15, 0.2) is 0 Å². The van der Waals surface area contributed by atoms with E-state index in [-0.39, 0.29) is 15.3 Å². The molecule has 0 unspecified atom stereocenters. The van der Waals surface area contributed by atoms with Crippen LogP contribution in [0.5, 0.6) is 0 Å². The molecule has 0 saturated carbocycles. The van der Waals surface area contributed by atoms with E-state index < -0.39 is 0 Å². The van der Waals surface area contributed by atoms with Crippen LogP contribution in [-0.4, -0.2) is 30.3 Å². The largest absolute Gasteiger partial charge is 0.281 e. The van der Waals surface area contributed by atoms with Gasteiger partial charge in [0.1, 0.15) is 15.1 Å². The summed E-state index contributed by atoms with van der Waals surface area (Å²) >= 11 is 2.53. The zero-order valence-electron chi connectivity index (χ0n) is 13.5. The molecule has 0 radical (unpaired) electrons. The fourth-order valence-electron chi connectivity index (χ4n) is 2.31. The van der Waals surface area contributed by atoms with Crippen LogP contribution in [0.4, 0.5) is 0 Å². The number of hydrogen-bond donors (Lipinski definition) is 0. The lowest BCUT2D eigenvalue weighted by molar-refractivity contribution is 0.108. The number of nitrogens with zero attached hydrogens (tertiary/aromatic N) is 3. The maximum absolute atomic E-state index is 12.8. The average Bonchev–Trinajstić information content (AvgIpc) is 2.68. The van der Waals surface area contributed by atoms with Gasteiger partial charge in [0.05, 0.1) is 16.7 Å². The maximum atomic E-state index is 12.8. The summed E-state index contributed by atoms with van der Waals surface area (Å²) in [4.78, 5) is 50.9. The van der Waals surface area contributed by atoms with Gasteiger partial charge in [-0.25, -0.2) is 15.0 Å². The highest BCUT2D eigenvalue weighted by Crippen LogP contribution is 2.35. The van der Waals surface area contributed by atoms with Gasteiger partial charge in [-0.3, -0.25) is 14.4 Å². The number of pyridine rings is 3. The highest BCUT2D eigenvalue weighted by molar-refractivity contribution is 8.16. The van der Waals surface area contributed by atoms with Gasteiger partial charge in [0.25, 0.3) is 0 Å². The summed E-state index contributed by atoms with van der Waals surface area (Å²) in [7, 11) is 0. The van der Waals surface area contributed by atoms with Crippen molar-refractivity contribution in [3.63, 3.8) is 0 Å². The zero-order valence-corrected chi connectivity index (χ0v) is 15.9. The maximum Gasteiger partial charge on any atom is 0.228 e. The minimum absolute atomic E-state index is 0.295. The Hall–Kier alpha value is -2.49. The van der Waals surface area contributed by atoms with E-state index in [0.29, 0.717) is 31.8 Å². The van der Waals surface area contributed by atoms with Crippen LogP contribution in [0.2, 0.25) is 0 Å². The number of thioether (sulfide) groups is 3. The predicted octanol–water partition coefficient (Wildman–Crippen LogP) is 3.98. The normalized spacial score (nSPS) is 14.4. The molecule has 1 aliphatic rings. The lowest BCUT2D eigenvalue weighted by Gasteiger charge is -2.11. The van der Waals surface area contributed by atoms with Crippen molar-refractivity contribution in [3.05, 3.63) is 71.7 Å². The van der Waals surface area contributed by atoms with Gasteiger partial charge in [0.2, 0.25) is 15.3 Å². The number of fused-ring (bicyclic) bond motifs is 3. The summed E-state index contributed by atoms with van der Waals surface area (Å²) < 4.78 is 0. The lowest BCUT2D eigenvalue weighted by atomic mass is 10.3. The Morgan fingerprint density at radius 2 is 0.815 bits per heavy atom. The molecule has 1 aliphatic heterocycles. The van der Waals surface area contributed by atoms with Gasteiger partial charge in [-0.05, 0) is 71.7 Å². The van der Waals surface area contributed by atoms with E-state index in [4.69, 9.17) is 0 Å². The van der Waals surface area contributed by atoms with E-state index in [2.05, 4.69) is 15.0 Å². The summed E-state index contributed by atoms with van der Waals surface area (Å²) in [5.41, 5.74) is 0.885. The molecule has 4 rings (SSSR count). The first-order chi connectivity index (χ1) is 13.1. The number of carbonyl (C=O) groups is 3. The molecule has 6 nitrogen and oxygen atoms in total. The Morgan fingerprint density at radius 3 is 1.11 bits per heavy atom. The SMILES string of the molecule is O=C1Sc2ncccc2C(=O)Sc2ncccc2C(=O)Sc2ncccc21. The molecule has 0 saturated heterocycles. The van der Waals surface area contributed by atoms with E-state index >= 15 is 0 Å². The molecule has 0 bridgehead atoms. The molecule has 0 fully saturated rings. The van der Waals surface area contributed by atoms with Crippen molar-refractivity contribution in [1.29, 1.82) is 0 Å². The van der Waals surface area contributed by atoms with Gasteiger partial charge < -0.3 is 0 Å². The average molecular weight is 411 g/mol. The van der Waals surface area contributed by atoms with Gasteiger partial charge in [-0.2, -0.15) is 0 Å². The third-order valence-corrected chi connectivity index (χ3v) is 6.31. The Kier molecular flexibility index (Phi) is 5.06. The fraction of sp³-hybridized carbons (Fsp3) is 0. The van der Waals surface area contributed by atoms with E-state index in [1.807, 2.05) is 0 Å². The second kappa shape index (κ2) is 7.63. The van der Waals surface area contributed by atoms with Crippen molar-refractivity contribution < 1.29 is 14.4 Å². The topological polar surface area (TPSA) is 89.9 Å². The smallest absolute Gasteiger partial charge is 0.228 e. The molecular weight excluding hydrogens is 402 g/mol. The first-order valence-corrected chi connectivity index (χ1v) is 10.1. The number of hydrogen-bond acceptors (Lipinski definition) is 9. The van der Waals surface area contributed by atoms with Gasteiger partial charge in [0, 0.05) is 18.6 Å². The van der Waals surface area contributed by atoms with E-state index in [9.17, 15) is 14.4 Å². The number of carbonyl (C=O) groups excluding carboxylic acids is 3. The zero-order chi connectivity index (χ0) is 18.8. The summed E-state index contributed by atoms with van der Waals surface area (Å²) in [5, 5.41) is -0.0630. The summed E-state index contributed by atoms with van der Waals surface area (Å²) in [6.07, 6.45) is 4.58. The van der Waals surface area contributed by atoms with Crippen LogP contribution < -0.4 is 0 Å². The molecule has 3 aromatic heterocycles. The summed E-state index contributed by atoms with van der Waals surface area (Å²) in [6.45, 7) is 0. The molecule has 0 atom stereocenters. The standard InChI is InChI=1S/C18H9N3O3S3/c22-16-10-4-1-7-19-13(10)25-17(23)12-6-3-9-21-15(12)27-18(24)11-5-2-8-20-14(11)26-16/h1-9H. The predicted molar refractivity (Wildman–Crippen MR) is 103 cm³/mol. The highest BCUT2D eigenvalue weighted by Gasteiger charge is 2.25. The molecule has 0 N–H and O–H groups in total. The summed E-state index contributed by atoms with van der Waals surface area (Å²) in [6, 6.07) is 9.70. The molecule has 0 aliphatic carbocycles. The third kappa shape index (κ3) is 3.66. The van der Waals surface area contributed by atoms with Crippen LogP contribution in [0.3, 0.4) is 0 Å². The minimum Gasteiger partial charge on any atom is -0.281 e. The van der Waals surface area contributed by atoms with Crippen LogP contribution in [0.25, 0.3) is 0 Å². The molecule has 27 heavy (non-hydrogen) atoms. The van der Waals surface area contributed by atoms with Gasteiger partial charge in [-0.1, -0.05) is 0 Å². The van der Waals surface area contributed by atoms with Crippen LogP contribution >= 0.6 is 35.3 Å². The van der Waals surface area contributed by atoms with Crippen LogP contribution in [0, 0.1) is 0 Å². The summed E-state index contributed by atoms with van der Waals surface area (Å²) in [5.74, 6) is 0. The molecule has 9 heteroatoms. The Morgan fingerprint density at radius 1 is 0.519 bits per heavy atom. The third-order valence-electron chi connectivity index (χ3n) is 3.54. The van der Waals surface area contributed by atoms with Crippen molar-refractivity contribution in [3.8, 4) is 0 Å². The highest BCUT2D eigenvalue weighted by atomic mass is 32.2. The second-order valence-electron chi connectivity index (χ2n) is 5.24. The number of rotatable bonds is 0. The van der Waals surface area contributed by atoms with Crippen molar-refractivity contribution in [2.24, 2.45) is 0 Å². The van der Waals surface area contributed by atoms with Crippen LogP contribution in [0.15, 0.2) is 70.1 Å². The molecule has 132 valence electrons. The molecule has 3 aromatic rings. The van der Waals surface area contributed by atoms with E-state index in [1.165, 1.54) is 18.6 Å². The van der Waals surface area contributed by atoms with E-state index in [0.717, 1.165) is 35.3 Å². The van der Waals surface area contributed by atoms with Crippen molar-refractivity contribution in [2.75, 3.05) is 0 Å². The monoisotopic (exact) mass is 411 g/mol. The fourth-order valence-corrected chi connectivity index (χ4v) is 5.01. The quantitative estimate of drug-likeness (QED) is 0.545. The lowest BCUT2D eigenvalue weighted by Crippen LogP contribution is -2.07. The first kappa shape index (κ1) is 17.9. The second-order valence-corrected chi connectivity index (χ2v) is 8.12. The Bertz CT molecular complexity index is 951. The van der Waals surface area contributed by atoms with Crippen molar-refractivity contribution in [1.82, 2.24) is 15.0 Å². The molecule has 4 heterocycles. The Labute approximate surface area is 166 Å². The minimum atomic E-state index is -0.330. The van der Waals surface area contributed by atoms with Gasteiger partial charge in [-0.15, -0.1) is 0 Å². The van der Waals surface area contributed by atoms with Crippen LogP contribution in [-0.2, 0) is 0 Å². The van der Waals surface area contributed by atoms with Gasteiger partial charge >= 0.3 is 0 Å². The molecule has 0 spiro atoms. The molecule has 0 aromatic carbocycles. The first-order valence-electron chi connectivity index (χ1n) is 7.65. The number of aromatic nitrogens is 3.